The van der Waals surface area contributed by atoms with Gasteiger partial charge in [0.05, 0.1) is 22.4 Å². The standard InChI is InChI=1S/C33H52N4/c1-7-9-11-13-15-17-21-34-27-19-20-28-32(24-27)37(22-18-16-14-12-10-8-2)31-23-26(3)29(25-30(31)35-28)36-33(4,5)6/h19-20,23-25,34,36H,3,7-18,21-22H2,1-2,4-6H3. The van der Waals surface area contributed by atoms with E-state index in [1.807, 2.05) is 0 Å². The lowest BCUT2D eigenvalue weighted by Gasteiger charge is -2.31. The van der Waals surface area contributed by atoms with Gasteiger partial charge in [-0.25, -0.2) is 4.99 Å². The molecule has 0 bridgehead atoms. The molecule has 0 aromatic heterocycles. The fourth-order valence-corrected chi connectivity index (χ4v) is 5.08. The Morgan fingerprint density at radius 3 is 2.11 bits per heavy atom. The van der Waals surface area contributed by atoms with E-state index in [4.69, 9.17) is 4.99 Å². The zero-order valence-corrected chi connectivity index (χ0v) is 24.4. The lowest BCUT2D eigenvalue weighted by atomic mass is 10.1. The van der Waals surface area contributed by atoms with Crippen molar-refractivity contribution in [2.45, 2.75) is 117 Å². The molecule has 4 nitrogen and oxygen atoms in total. The van der Waals surface area contributed by atoms with Gasteiger partial charge in [0, 0.05) is 30.0 Å². The van der Waals surface area contributed by atoms with Crippen LogP contribution < -0.4 is 26.1 Å². The van der Waals surface area contributed by atoms with Crippen molar-refractivity contribution in [1.29, 1.82) is 0 Å². The third-order valence-electron chi connectivity index (χ3n) is 7.10. The summed E-state index contributed by atoms with van der Waals surface area (Å²) < 4.78 is 0. The third kappa shape index (κ3) is 9.09. The topological polar surface area (TPSA) is 39.7 Å². The molecular formula is C33H52N4. The summed E-state index contributed by atoms with van der Waals surface area (Å²) in [7, 11) is 0. The second kappa shape index (κ2) is 14.4. The van der Waals surface area contributed by atoms with Gasteiger partial charge in [-0.1, -0.05) is 84.6 Å². The molecule has 1 heterocycles. The van der Waals surface area contributed by atoms with E-state index in [1.165, 1.54) is 94.1 Å². The summed E-state index contributed by atoms with van der Waals surface area (Å²) in [5.41, 5.74) is 5.68. The van der Waals surface area contributed by atoms with Crippen LogP contribution in [-0.4, -0.2) is 18.6 Å². The van der Waals surface area contributed by atoms with Crippen LogP contribution in [0.3, 0.4) is 0 Å². The first-order valence-corrected chi connectivity index (χ1v) is 15.0. The zero-order chi connectivity index (χ0) is 26.7. The molecule has 2 N–H and O–H groups in total. The highest BCUT2D eigenvalue weighted by Gasteiger charge is 2.21. The zero-order valence-electron chi connectivity index (χ0n) is 24.4. The molecule has 1 aliphatic rings. The number of hydrogen-bond donors (Lipinski definition) is 2. The van der Waals surface area contributed by atoms with E-state index in [1.54, 1.807) is 0 Å². The van der Waals surface area contributed by atoms with Crippen molar-refractivity contribution in [2.24, 2.45) is 4.99 Å². The Balaban J connectivity index is 1.79. The van der Waals surface area contributed by atoms with E-state index >= 15 is 0 Å². The van der Waals surface area contributed by atoms with Crippen LogP contribution in [0, 0.1) is 0 Å². The molecule has 0 saturated heterocycles. The molecule has 2 aromatic carbocycles. The highest BCUT2D eigenvalue weighted by Crippen LogP contribution is 2.38. The van der Waals surface area contributed by atoms with Crippen molar-refractivity contribution in [2.75, 3.05) is 28.6 Å². The molecule has 0 amide bonds. The molecule has 0 unspecified atom stereocenters. The van der Waals surface area contributed by atoms with Gasteiger partial charge in [0.1, 0.15) is 0 Å². The SMILES string of the molecule is C=c1cc2c(cc1NC(C)(C)C)=Nc1ccc(NCCCCCCCC)cc1N2CCCCCCCC. The Kier molecular flexibility index (Phi) is 11.4. The van der Waals surface area contributed by atoms with E-state index < -0.39 is 0 Å². The molecule has 0 aliphatic carbocycles. The summed E-state index contributed by atoms with van der Waals surface area (Å²) in [6.07, 6.45) is 15.7. The molecule has 3 rings (SSSR count). The Bertz CT molecular complexity index is 1080. The number of rotatable bonds is 16. The van der Waals surface area contributed by atoms with Crippen LogP contribution in [0.1, 0.15) is 112 Å². The van der Waals surface area contributed by atoms with Gasteiger partial charge < -0.3 is 15.5 Å². The minimum Gasteiger partial charge on any atom is -0.385 e. The maximum Gasteiger partial charge on any atom is 0.0895 e. The van der Waals surface area contributed by atoms with Crippen LogP contribution in [0.25, 0.3) is 6.58 Å². The first-order valence-electron chi connectivity index (χ1n) is 15.0. The van der Waals surface area contributed by atoms with Crippen molar-refractivity contribution in [3.05, 3.63) is 40.9 Å². The number of nitrogens with one attached hydrogen (secondary N) is 2. The maximum atomic E-state index is 5.10. The molecule has 4 heteroatoms. The molecule has 204 valence electrons. The van der Waals surface area contributed by atoms with Gasteiger partial charge in [-0.15, -0.1) is 0 Å². The molecule has 37 heavy (non-hydrogen) atoms. The predicted molar refractivity (Wildman–Crippen MR) is 164 cm³/mol. The van der Waals surface area contributed by atoms with Crippen molar-refractivity contribution in [3.63, 3.8) is 0 Å². The summed E-state index contributed by atoms with van der Waals surface area (Å²) in [5.74, 6) is 0. The predicted octanol–water partition coefficient (Wildman–Crippen LogP) is 8.84. The van der Waals surface area contributed by atoms with Crippen LogP contribution >= 0.6 is 0 Å². The highest BCUT2D eigenvalue weighted by atomic mass is 15.2. The summed E-state index contributed by atoms with van der Waals surface area (Å²) in [5, 5.41) is 9.35. The van der Waals surface area contributed by atoms with Crippen LogP contribution in [0.2, 0.25) is 0 Å². The monoisotopic (exact) mass is 504 g/mol. The van der Waals surface area contributed by atoms with Gasteiger partial charge >= 0.3 is 0 Å². The Morgan fingerprint density at radius 2 is 1.43 bits per heavy atom. The highest BCUT2D eigenvalue weighted by molar-refractivity contribution is 5.81. The number of unbranched alkanes of at least 4 members (excludes halogenated alkanes) is 10. The molecular weight excluding hydrogens is 452 g/mol. The lowest BCUT2D eigenvalue weighted by Crippen LogP contribution is -2.33. The lowest BCUT2D eigenvalue weighted by molar-refractivity contribution is 0.609. The fourth-order valence-electron chi connectivity index (χ4n) is 5.08. The first kappa shape index (κ1) is 29.1. The number of nitrogens with zero attached hydrogens (tertiary/aromatic N) is 2. The van der Waals surface area contributed by atoms with Crippen LogP contribution in [-0.2, 0) is 0 Å². The van der Waals surface area contributed by atoms with Gasteiger partial charge in [0.15, 0.2) is 0 Å². The first-order chi connectivity index (χ1) is 17.8. The number of benzene rings is 2. The van der Waals surface area contributed by atoms with Gasteiger partial charge in [-0.2, -0.15) is 0 Å². The average Bonchev–Trinajstić information content (AvgIpc) is 2.85. The second-order valence-corrected chi connectivity index (χ2v) is 11.8. The molecule has 2 aromatic rings. The largest absolute Gasteiger partial charge is 0.385 e. The molecule has 1 aliphatic heterocycles. The summed E-state index contributed by atoms with van der Waals surface area (Å²) in [4.78, 5) is 7.59. The van der Waals surface area contributed by atoms with Gasteiger partial charge in [0.25, 0.3) is 0 Å². The Labute approximate surface area is 226 Å². The number of hydrogen-bond acceptors (Lipinski definition) is 4. The van der Waals surface area contributed by atoms with Crippen LogP contribution in [0.15, 0.2) is 35.3 Å². The Hall–Kier alpha value is -2.49. The van der Waals surface area contributed by atoms with Crippen LogP contribution in [0.5, 0.6) is 0 Å². The van der Waals surface area contributed by atoms with Gasteiger partial charge in [-0.05, 0) is 69.2 Å². The van der Waals surface area contributed by atoms with Gasteiger partial charge in [0.2, 0.25) is 0 Å². The van der Waals surface area contributed by atoms with Crippen molar-refractivity contribution in [3.8, 4) is 0 Å². The van der Waals surface area contributed by atoms with Crippen molar-refractivity contribution in [1.82, 2.24) is 0 Å². The normalized spacial score (nSPS) is 12.6. The second-order valence-electron chi connectivity index (χ2n) is 11.8. The molecule has 0 atom stereocenters. The summed E-state index contributed by atoms with van der Waals surface area (Å²) >= 11 is 0. The van der Waals surface area contributed by atoms with Crippen molar-refractivity contribution < 1.29 is 0 Å². The van der Waals surface area contributed by atoms with E-state index in [0.29, 0.717) is 0 Å². The molecule has 0 spiro atoms. The van der Waals surface area contributed by atoms with Crippen molar-refractivity contribution >= 4 is 35.0 Å². The average molecular weight is 505 g/mol. The molecule has 0 fully saturated rings. The summed E-state index contributed by atoms with van der Waals surface area (Å²) in [6.45, 7) is 17.5. The minimum atomic E-state index is -0.0258. The van der Waals surface area contributed by atoms with E-state index in [-0.39, 0.29) is 5.54 Å². The van der Waals surface area contributed by atoms with E-state index in [2.05, 4.69) is 87.1 Å². The summed E-state index contributed by atoms with van der Waals surface area (Å²) in [6, 6.07) is 11.1. The number of fused-ring (bicyclic) bond motifs is 2. The Morgan fingerprint density at radius 1 is 0.784 bits per heavy atom. The van der Waals surface area contributed by atoms with E-state index in [9.17, 15) is 0 Å². The van der Waals surface area contributed by atoms with Gasteiger partial charge in [-0.3, -0.25) is 0 Å². The smallest absolute Gasteiger partial charge is 0.0895 e. The quantitative estimate of drug-likeness (QED) is 0.224. The minimum absolute atomic E-state index is 0.0258. The van der Waals surface area contributed by atoms with Crippen LogP contribution in [0.4, 0.5) is 28.4 Å². The fraction of sp³-hybridized carbons (Fsp3) is 0.606. The molecule has 0 radical (unpaired) electrons. The maximum absolute atomic E-state index is 5.10. The third-order valence-corrected chi connectivity index (χ3v) is 7.10. The number of anilines is 4. The molecule has 0 saturated carbocycles. The van der Waals surface area contributed by atoms with E-state index in [0.717, 1.165) is 35.0 Å².